The van der Waals surface area contributed by atoms with Gasteiger partial charge in [-0.3, -0.25) is 9.36 Å². The number of halogens is 1. The van der Waals surface area contributed by atoms with Crippen LogP contribution >= 0.6 is 0 Å². The molecule has 0 amide bonds. The first-order valence-electron chi connectivity index (χ1n) is 8.67. The Balaban J connectivity index is 1.60. The summed E-state index contributed by atoms with van der Waals surface area (Å²) in [5.41, 5.74) is 4.13. The molecular weight excluding hydrogens is 347 g/mol. The van der Waals surface area contributed by atoms with E-state index in [0.29, 0.717) is 17.4 Å². The van der Waals surface area contributed by atoms with Gasteiger partial charge in [0.25, 0.3) is 5.56 Å². The highest BCUT2D eigenvalue weighted by Gasteiger charge is 2.13. The zero-order valence-electron chi connectivity index (χ0n) is 15.1. The number of nitrogens with zero attached hydrogens (tertiary/aromatic N) is 4. The van der Waals surface area contributed by atoms with Crippen LogP contribution in [0, 0.1) is 19.7 Å². The van der Waals surface area contributed by atoms with Crippen molar-refractivity contribution >= 4 is 21.9 Å². The highest BCUT2D eigenvalue weighted by atomic mass is 19.1. The number of benzene rings is 2. The maximum absolute atomic E-state index is 13.3. The van der Waals surface area contributed by atoms with E-state index in [4.69, 9.17) is 0 Å². The first-order chi connectivity index (χ1) is 12.9. The molecule has 0 aliphatic rings. The van der Waals surface area contributed by atoms with E-state index in [-0.39, 0.29) is 12.1 Å². The van der Waals surface area contributed by atoms with Crippen molar-refractivity contribution in [1.82, 2.24) is 19.1 Å². The summed E-state index contributed by atoms with van der Waals surface area (Å²) in [6, 6.07) is 7.93. The molecule has 0 aliphatic heterocycles. The second-order valence-corrected chi connectivity index (χ2v) is 6.84. The fourth-order valence-electron chi connectivity index (χ4n) is 3.23. The van der Waals surface area contributed by atoms with Crippen LogP contribution in [-0.2, 0) is 13.1 Å². The summed E-state index contributed by atoms with van der Waals surface area (Å²) in [5, 5.41) is 10.8. The lowest BCUT2D eigenvalue weighted by Gasteiger charge is -2.14. The summed E-state index contributed by atoms with van der Waals surface area (Å²) in [5.74, 6) is -0.440. The molecule has 0 bridgehead atoms. The third kappa shape index (κ3) is 3.21. The van der Waals surface area contributed by atoms with Crippen molar-refractivity contribution in [2.75, 3.05) is 0 Å². The molecule has 1 unspecified atom stereocenters. The summed E-state index contributed by atoms with van der Waals surface area (Å²) in [6.45, 7) is 4.45. The quantitative estimate of drug-likeness (QED) is 0.602. The van der Waals surface area contributed by atoms with Gasteiger partial charge in [-0.25, -0.2) is 14.4 Å². The standard InChI is InChI=1S/C20H19FN4O2/c1-12-5-18-19(6-13(12)2)24(10-23-18)8-15(26)9-25-11-22-17-7-14(21)3-4-16(17)20(25)27/h3-7,10-11,15,26H,8-9H2,1-2H3. The van der Waals surface area contributed by atoms with Crippen molar-refractivity contribution in [2.24, 2.45) is 0 Å². The molecule has 2 aromatic heterocycles. The molecule has 27 heavy (non-hydrogen) atoms. The van der Waals surface area contributed by atoms with Crippen molar-refractivity contribution in [2.45, 2.75) is 33.0 Å². The van der Waals surface area contributed by atoms with Gasteiger partial charge < -0.3 is 9.67 Å². The maximum atomic E-state index is 13.3. The lowest BCUT2D eigenvalue weighted by Crippen LogP contribution is -2.29. The van der Waals surface area contributed by atoms with E-state index in [0.717, 1.165) is 16.6 Å². The monoisotopic (exact) mass is 366 g/mol. The van der Waals surface area contributed by atoms with Crippen LogP contribution in [0.5, 0.6) is 0 Å². The molecule has 2 aromatic carbocycles. The summed E-state index contributed by atoms with van der Waals surface area (Å²) in [6.07, 6.45) is 2.23. The van der Waals surface area contributed by atoms with Crippen LogP contribution in [0.3, 0.4) is 0 Å². The number of aliphatic hydroxyl groups excluding tert-OH is 1. The minimum absolute atomic E-state index is 0.0870. The van der Waals surface area contributed by atoms with E-state index in [1.165, 1.54) is 34.7 Å². The fourth-order valence-corrected chi connectivity index (χ4v) is 3.23. The smallest absolute Gasteiger partial charge is 0.261 e. The zero-order chi connectivity index (χ0) is 19.1. The van der Waals surface area contributed by atoms with Crippen molar-refractivity contribution < 1.29 is 9.50 Å². The van der Waals surface area contributed by atoms with Crippen LogP contribution in [0.1, 0.15) is 11.1 Å². The number of aliphatic hydroxyl groups is 1. The van der Waals surface area contributed by atoms with Gasteiger partial charge in [-0.05, 0) is 49.2 Å². The molecule has 0 spiro atoms. The highest BCUT2D eigenvalue weighted by Crippen LogP contribution is 2.19. The first kappa shape index (κ1) is 17.4. The second kappa shape index (κ2) is 6.59. The fraction of sp³-hybridized carbons (Fsp3) is 0.250. The van der Waals surface area contributed by atoms with Gasteiger partial charge in [0.05, 0.1) is 53.8 Å². The zero-order valence-corrected chi connectivity index (χ0v) is 15.1. The lowest BCUT2D eigenvalue weighted by atomic mass is 10.1. The molecule has 7 heteroatoms. The van der Waals surface area contributed by atoms with Gasteiger partial charge in [-0.2, -0.15) is 0 Å². The van der Waals surface area contributed by atoms with Gasteiger partial charge in [0.15, 0.2) is 0 Å². The van der Waals surface area contributed by atoms with E-state index in [2.05, 4.69) is 9.97 Å². The number of fused-ring (bicyclic) bond motifs is 2. The largest absolute Gasteiger partial charge is 0.389 e. The van der Waals surface area contributed by atoms with E-state index in [1.807, 2.05) is 30.5 Å². The maximum Gasteiger partial charge on any atom is 0.261 e. The van der Waals surface area contributed by atoms with Crippen LogP contribution in [0.25, 0.3) is 21.9 Å². The van der Waals surface area contributed by atoms with E-state index in [9.17, 15) is 14.3 Å². The number of rotatable bonds is 4. The molecule has 0 fully saturated rings. The number of aryl methyl sites for hydroxylation is 2. The van der Waals surface area contributed by atoms with Crippen molar-refractivity contribution in [1.29, 1.82) is 0 Å². The summed E-state index contributed by atoms with van der Waals surface area (Å²) < 4.78 is 16.5. The number of hydrogen-bond acceptors (Lipinski definition) is 4. The van der Waals surface area contributed by atoms with Crippen LogP contribution in [0.2, 0.25) is 0 Å². The molecule has 138 valence electrons. The van der Waals surface area contributed by atoms with Gasteiger partial charge in [0.2, 0.25) is 0 Å². The van der Waals surface area contributed by atoms with Crippen molar-refractivity contribution in [3.05, 3.63) is 70.3 Å². The first-order valence-corrected chi connectivity index (χ1v) is 8.67. The van der Waals surface area contributed by atoms with Gasteiger partial charge >= 0.3 is 0 Å². The SMILES string of the molecule is Cc1cc2ncn(CC(O)Cn3cnc4cc(F)ccc4c3=O)c2cc1C. The molecule has 0 saturated carbocycles. The van der Waals surface area contributed by atoms with E-state index in [1.54, 1.807) is 6.33 Å². The Labute approximate surface area is 154 Å². The Morgan fingerprint density at radius 1 is 1.00 bits per heavy atom. The topological polar surface area (TPSA) is 72.9 Å². The van der Waals surface area contributed by atoms with Crippen molar-refractivity contribution in [3.63, 3.8) is 0 Å². The Bertz CT molecular complexity index is 1210. The lowest BCUT2D eigenvalue weighted by molar-refractivity contribution is 0.134. The molecule has 4 aromatic rings. The second-order valence-electron chi connectivity index (χ2n) is 6.84. The van der Waals surface area contributed by atoms with Crippen LogP contribution < -0.4 is 5.56 Å². The number of hydrogen-bond donors (Lipinski definition) is 1. The molecule has 0 aliphatic carbocycles. The molecule has 1 atom stereocenters. The van der Waals surface area contributed by atoms with Crippen molar-refractivity contribution in [3.8, 4) is 0 Å². The van der Waals surface area contributed by atoms with E-state index < -0.39 is 11.9 Å². The Morgan fingerprint density at radius 3 is 2.48 bits per heavy atom. The van der Waals surface area contributed by atoms with Crippen LogP contribution in [0.15, 0.2) is 47.8 Å². The normalized spacial score (nSPS) is 12.7. The molecular formula is C20H19FN4O2. The highest BCUT2D eigenvalue weighted by molar-refractivity contribution is 5.78. The van der Waals surface area contributed by atoms with E-state index >= 15 is 0 Å². The molecule has 0 radical (unpaired) electrons. The number of imidazole rings is 1. The molecule has 6 nitrogen and oxygen atoms in total. The third-order valence-corrected chi connectivity index (χ3v) is 4.84. The molecule has 1 N–H and O–H groups in total. The minimum atomic E-state index is -0.804. The minimum Gasteiger partial charge on any atom is -0.389 e. The van der Waals surface area contributed by atoms with Gasteiger partial charge in [0, 0.05) is 6.07 Å². The average molecular weight is 366 g/mol. The third-order valence-electron chi connectivity index (χ3n) is 4.84. The Morgan fingerprint density at radius 2 is 1.67 bits per heavy atom. The summed E-state index contributed by atoms with van der Waals surface area (Å²) >= 11 is 0. The molecule has 2 heterocycles. The van der Waals surface area contributed by atoms with Crippen LogP contribution in [-0.4, -0.2) is 30.3 Å². The van der Waals surface area contributed by atoms with Crippen LogP contribution in [0.4, 0.5) is 4.39 Å². The molecule has 4 rings (SSSR count). The van der Waals surface area contributed by atoms with Gasteiger partial charge in [0.1, 0.15) is 5.82 Å². The summed E-state index contributed by atoms with van der Waals surface area (Å²) in [4.78, 5) is 21.0. The predicted octanol–water partition coefficient (Wildman–Crippen LogP) is 2.56. The Hall–Kier alpha value is -3.06. The Kier molecular flexibility index (Phi) is 4.24. The average Bonchev–Trinajstić information content (AvgIpc) is 2.99. The van der Waals surface area contributed by atoms with Gasteiger partial charge in [-0.1, -0.05) is 0 Å². The summed E-state index contributed by atoms with van der Waals surface area (Å²) in [7, 11) is 0. The molecule has 0 saturated heterocycles. The number of aromatic nitrogens is 4. The van der Waals surface area contributed by atoms with Gasteiger partial charge in [-0.15, -0.1) is 0 Å². The predicted molar refractivity (Wildman–Crippen MR) is 101 cm³/mol.